The molecule has 0 spiro atoms. The van der Waals surface area contributed by atoms with Crippen LogP contribution in [0.5, 0.6) is 0 Å². The van der Waals surface area contributed by atoms with Crippen LogP contribution in [0.3, 0.4) is 0 Å². The van der Waals surface area contributed by atoms with Gasteiger partial charge in [-0.3, -0.25) is 14.9 Å². The second kappa shape index (κ2) is 7.56. The molecule has 1 amide bonds. The summed E-state index contributed by atoms with van der Waals surface area (Å²) in [5.41, 5.74) is 1.08. The zero-order valence-electron chi connectivity index (χ0n) is 12.5. The van der Waals surface area contributed by atoms with Crippen LogP contribution in [0, 0.1) is 0 Å². The first kappa shape index (κ1) is 16.0. The Morgan fingerprint density at radius 2 is 2.33 bits per heavy atom. The highest BCUT2D eigenvalue weighted by Crippen LogP contribution is 2.28. The van der Waals surface area contributed by atoms with Crippen LogP contribution in [0.15, 0.2) is 16.8 Å². The predicted octanol–water partition coefficient (Wildman–Crippen LogP) is 2.30. The SMILES string of the molecule is CCCCC1NC(c2ccsc2)N(CCC(=O)OC)C1=O. The third-order valence-corrected chi connectivity index (χ3v) is 4.44. The lowest BCUT2D eigenvalue weighted by atomic mass is 10.1. The zero-order chi connectivity index (χ0) is 15.2. The Balaban J connectivity index is 2.08. The van der Waals surface area contributed by atoms with E-state index in [1.54, 1.807) is 16.2 Å². The second-order valence-corrected chi connectivity index (χ2v) is 5.96. The summed E-state index contributed by atoms with van der Waals surface area (Å²) >= 11 is 1.61. The van der Waals surface area contributed by atoms with Gasteiger partial charge >= 0.3 is 5.97 Å². The van der Waals surface area contributed by atoms with Crippen molar-refractivity contribution in [3.63, 3.8) is 0 Å². The van der Waals surface area contributed by atoms with Crippen molar-refractivity contribution in [1.82, 2.24) is 10.2 Å². The van der Waals surface area contributed by atoms with E-state index in [1.807, 2.05) is 16.8 Å². The van der Waals surface area contributed by atoms with Gasteiger partial charge in [0.25, 0.3) is 0 Å². The van der Waals surface area contributed by atoms with E-state index in [0.717, 1.165) is 24.8 Å². The highest BCUT2D eigenvalue weighted by molar-refractivity contribution is 7.07. The minimum Gasteiger partial charge on any atom is -0.469 e. The van der Waals surface area contributed by atoms with E-state index in [0.29, 0.717) is 6.54 Å². The van der Waals surface area contributed by atoms with Crippen LogP contribution < -0.4 is 5.32 Å². The number of carbonyl (C=O) groups excluding carboxylic acids is 2. The number of carbonyl (C=O) groups is 2. The molecule has 1 aliphatic heterocycles. The van der Waals surface area contributed by atoms with E-state index in [1.165, 1.54) is 7.11 Å². The minimum atomic E-state index is -0.288. The molecule has 2 rings (SSSR count). The van der Waals surface area contributed by atoms with Gasteiger partial charge in [-0.15, -0.1) is 0 Å². The first-order valence-electron chi connectivity index (χ1n) is 7.32. The highest BCUT2D eigenvalue weighted by atomic mass is 32.1. The number of ether oxygens (including phenoxy) is 1. The minimum absolute atomic E-state index is 0.0866. The summed E-state index contributed by atoms with van der Waals surface area (Å²) in [5, 5.41) is 7.44. The average Bonchev–Trinajstić information content (AvgIpc) is 3.11. The maximum Gasteiger partial charge on any atom is 0.307 e. The van der Waals surface area contributed by atoms with Crippen molar-refractivity contribution in [2.45, 2.75) is 44.8 Å². The van der Waals surface area contributed by atoms with Gasteiger partial charge in [0.15, 0.2) is 0 Å². The van der Waals surface area contributed by atoms with Gasteiger partial charge in [0.05, 0.1) is 19.6 Å². The van der Waals surface area contributed by atoms with Gasteiger partial charge < -0.3 is 9.64 Å². The third-order valence-electron chi connectivity index (χ3n) is 3.74. The van der Waals surface area contributed by atoms with E-state index >= 15 is 0 Å². The van der Waals surface area contributed by atoms with Gasteiger partial charge in [0, 0.05) is 6.54 Å². The van der Waals surface area contributed by atoms with Gasteiger partial charge in [-0.2, -0.15) is 11.3 Å². The lowest BCUT2D eigenvalue weighted by Crippen LogP contribution is -2.33. The van der Waals surface area contributed by atoms with E-state index in [9.17, 15) is 9.59 Å². The topological polar surface area (TPSA) is 58.6 Å². The molecule has 6 heteroatoms. The first-order valence-corrected chi connectivity index (χ1v) is 8.27. The molecule has 1 aromatic rings. The Kier molecular flexibility index (Phi) is 5.76. The van der Waals surface area contributed by atoms with Crippen molar-refractivity contribution in [1.29, 1.82) is 0 Å². The Hall–Kier alpha value is -1.40. The molecule has 1 fully saturated rings. The Morgan fingerprint density at radius 3 is 2.95 bits per heavy atom. The monoisotopic (exact) mass is 310 g/mol. The van der Waals surface area contributed by atoms with E-state index < -0.39 is 0 Å². The molecule has 0 radical (unpaired) electrons. The van der Waals surface area contributed by atoms with E-state index in [2.05, 4.69) is 17.0 Å². The molecule has 21 heavy (non-hydrogen) atoms. The maximum atomic E-state index is 12.5. The molecular weight excluding hydrogens is 288 g/mol. The van der Waals surface area contributed by atoms with Crippen molar-refractivity contribution in [2.24, 2.45) is 0 Å². The number of methoxy groups -OCH3 is 1. The molecule has 5 nitrogen and oxygen atoms in total. The van der Waals surface area contributed by atoms with E-state index in [4.69, 9.17) is 0 Å². The molecule has 1 aromatic heterocycles. The first-order chi connectivity index (χ1) is 10.2. The molecule has 0 aliphatic carbocycles. The molecule has 1 saturated heterocycles. The summed E-state index contributed by atoms with van der Waals surface area (Å²) in [5.74, 6) is -0.201. The maximum absolute atomic E-state index is 12.5. The van der Waals surface area contributed by atoms with Crippen LogP contribution >= 0.6 is 11.3 Å². The van der Waals surface area contributed by atoms with Crippen molar-refractivity contribution in [3.05, 3.63) is 22.4 Å². The van der Waals surface area contributed by atoms with Crippen molar-refractivity contribution >= 4 is 23.2 Å². The smallest absolute Gasteiger partial charge is 0.307 e. The number of unbranched alkanes of at least 4 members (excludes halogenated alkanes) is 1. The van der Waals surface area contributed by atoms with Crippen molar-refractivity contribution < 1.29 is 14.3 Å². The molecule has 2 heterocycles. The summed E-state index contributed by atoms with van der Waals surface area (Å²) in [6.45, 7) is 2.51. The molecule has 2 unspecified atom stereocenters. The fraction of sp³-hybridized carbons (Fsp3) is 0.600. The highest BCUT2D eigenvalue weighted by Gasteiger charge is 2.39. The lowest BCUT2D eigenvalue weighted by molar-refractivity contribution is -0.141. The van der Waals surface area contributed by atoms with Crippen LogP contribution in [-0.4, -0.2) is 36.5 Å². The fourth-order valence-electron chi connectivity index (χ4n) is 2.55. The largest absolute Gasteiger partial charge is 0.469 e. The Morgan fingerprint density at radius 1 is 1.52 bits per heavy atom. The standard InChI is InChI=1S/C15H22N2O3S/c1-3-4-5-12-15(19)17(8-6-13(18)20-2)14(16-12)11-7-9-21-10-11/h7,9-10,12,14,16H,3-6,8H2,1-2H3. The van der Waals surface area contributed by atoms with Crippen LogP contribution in [0.25, 0.3) is 0 Å². The summed E-state index contributed by atoms with van der Waals surface area (Å²) in [6.07, 6.45) is 3.02. The molecule has 2 atom stereocenters. The normalized spacial score (nSPS) is 21.8. The van der Waals surface area contributed by atoms with Crippen LogP contribution in [0.1, 0.15) is 44.3 Å². The Labute approximate surface area is 129 Å². The van der Waals surface area contributed by atoms with Crippen LogP contribution in [0.4, 0.5) is 0 Å². The summed E-state index contributed by atoms with van der Waals surface area (Å²) in [6, 6.07) is 1.87. The number of rotatable bonds is 7. The number of nitrogens with one attached hydrogen (secondary N) is 1. The second-order valence-electron chi connectivity index (χ2n) is 5.18. The number of thiophene rings is 1. The quantitative estimate of drug-likeness (QED) is 0.785. The molecule has 0 bridgehead atoms. The molecule has 0 saturated carbocycles. The molecule has 0 aromatic carbocycles. The van der Waals surface area contributed by atoms with E-state index in [-0.39, 0.29) is 30.5 Å². The van der Waals surface area contributed by atoms with Gasteiger partial charge in [0.2, 0.25) is 5.91 Å². The molecular formula is C15H22N2O3S. The number of esters is 1. The number of hydrogen-bond donors (Lipinski definition) is 1. The van der Waals surface area contributed by atoms with Crippen molar-refractivity contribution in [2.75, 3.05) is 13.7 Å². The number of amides is 1. The van der Waals surface area contributed by atoms with Gasteiger partial charge in [0.1, 0.15) is 6.17 Å². The molecule has 1 N–H and O–H groups in total. The lowest BCUT2D eigenvalue weighted by Gasteiger charge is -2.23. The van der Waals surface area contributed by atoms with Gasteiger partial charge in [-0.1, -0.05) is 19.8 Å². The Bertz CT molecular complexity index is 475. The zero-order valence-corrected chi connectivity index (χ0v) is 13.3. The third kappa shape index (κ3) is 3.83. The van der Waals surface area contributed by atoms with Crippen LogP contribution in [0.2, 0.25) is 0 Å². The summed E-state index contributed by atoms with van der Waals surface area (Å²) in [7, 11) is 1.37. The number of nitrogens with zero attached hydrogens (tertiary/aromatic N) is 1. The summed E-state index contributed by atoms with van der Waals surface area (Å²) in [4.78, 5) is 25.6. The van der Waals surface area contributed by atoms with Crippen molar-refractivity contribution in [3.8, 4) is 0 Å². The molecule has 1 aliphatic rings. The van der Waals surface area contributed by atoms with Gasteiger partial charge in [-0.25, -0.2) is 0 Å². The number of hydrogen-bond acceptors (Lipinski definition) is 5. The fourth-order valence-corrected chi connectivity index (χ4v) is 3.23. The predicted molar refractivity (Wildman–Crippen MR) is 81.9 cm³/mol. The molecule has 116 valence electrons. The van der Waals surface area contributed by atoms with Crippen LogP contribution in [-0.2, 0) is 14.3 Å². The summed E-state index contributed by atoms with van der Waals surface area (Å²) < 4.78 is 4.67. The van der Waals surface area contributed by atoms with Gasteiger partial charge in [-0.05, 0) is 28.8 Å². The average molecular weight is 310 g/mol.